The second-order valence-corrected chi connectivity index (χ2v) is 10.6. The number of rotatable bonds is 4. The minimum Gasteiger partial charge on any atom is -0.335 e. The van der Waals surface area contributed by atoms with Crippen LogP contribution in [0.1, 0.15) is 21.5 Å². The molecule has 2 heterocycles. The Labute approximate surface area is 204 Å². The average Bonchev–Trinajstić information content (AvgIpc) is 3.50. The van der Waals surface area contributed by atoms with Crippen LogP contribution in [0.15, 0.2) is 71.6 Å². The highest BCUT2D eigenvalue weighted by atomic mass is 32.2. The van der Waals surface area contributed by atoms with Crippen molar-refractivity contribution in [2.75, 3.05) is 18.0 Å². The van der Waals surface area contributed by atoms with Gasteiger partial charge in [0, 0.05) is 23.4 Å². The van der Waals surface area contributed by atoms with E-state index < -0.39 is 38.9 Å². The van der Waals surface area contributed by atoms with Crippen molar-refractivity contribution in [1.82, 2.24) is 10.6 Å². The zero-order valence-electron chi connectivity index (χ0n) is 18.7. The van der Waals surface area contributed by atoms with Crippen LogP contribution in [0.5, 0.6) is 0 Å². The average molecular weight is 516 g/mol. The molecular weight excluding hydrogens is 495 g/mol. The first-order valence-corrected chi connectivity index (χ1v) is 12.6. The lowest BCUT2D eigenvalue weighted by Gasteiger charge is -2.21. The summed E-state index contributed by atoms with van der Waals surface area (Å²) in [6, 6.07) is 15.3. The number of nitrogens with one attached hydrogen (secondary N) is 2. The number of anilines is 1. The van der Waals surface area contributed by atoms with Crippen molar-refractivity contribution in [3.63, 3.8) is 0 Å². The van der Waals surface area contributed by atoms with Crippen molar-refractivity contribution in [2.45, 2.75) is 22.9 Å². The molecule has 5 rings (SSSR count). The highest BCUT2D eigenvalue weighted by Crippen LogP contribution is 2.42. The molecule has 0 saturated carbocycles. The molecule has 3 amide bonds. The number of carbonyl (C=O) groups is 2. The van der Waals surface area contributed by atoms with Gasteiger partial charge in [-0.05, 0) is 47.9 Å². The monoisotopic (exact) mass is 515 g/mol. The molecule has 0 spiro atoms. The molecular formula is C25H20F3N3O4S. The Hall–Kier alpha value is -3.86. The van der Waals surface area contributed by atoms with Gasteiger partial charge in [-0.25, -0.2) is 13.2 Å². The van der Waals surface area contributed by atoms with Crippen LogP contribution >= 0.6 is 0 Å². The third kappa shape index (κ3) is 4.09. The summed E-state index contributed by atoms with van der Waals surface area (Å²) in [6.07, 6.45) is -4.28. The number of halogens is 3. The fourth-order valence-corrected chi connectivity index (χ4v) is 6.25. The Balaban J connectivity index is 1.61. The van der Waals surface area contributed by atoms with Crippen LogP contribution in [0.4, 0.5) is 23.7 Å². The van der Waals surface area contributed by atoms with Crippen molar-refractivity contribution >= 4 is 27.5 Å². The number of fused-ring (bicyclic) bond motifs is 1. The second kappa shape index (κ2) is 8.66. The third-order valence-electron chi connectivity index (χ3n) is 6.29. The lowest BCUT2D eigenvalue weighted by Crippen LogP contribution is -2.35. The fraction of sp³-hybridized carbons (Fsp3) is 0.200. The minimum atomic E-state index is -4.59. The lowest BCUT2D eigenvalue weighted by molar-refractivity contribution is -0.137. The SMILES string of the molecule is O=C1NCC(S(=O)(=O)c2ccc3c(c2-c2ccccc2)CCN3C(=O)c2cccc(C(F)(F)F)c2)N1. The molecule has 1 unspecified atom stereocenters. The van der Waals surface area contributed by atoms with E-state index in [1.54, 1.807) is 30.3 Å². The van der Waals surface area contributed by atoms with Gasteiger partial charge in [0.25, 0.3) is 5.91 Å². The molecule has 2 aliphatic heterocycles. The van der Waals surface area contributed by atoms with E-state index in [1.807, 2.05) is 0 Å². The molecule has 0 aliphatic carbocycles. The van der Waals surface area contributed by atoms with Gasteiger partial charge >= 0.3 is 12.2 Å². The molecule has 3 aromatic carbocycles. The molecule has 7 nitrogen and oxygen atoms in total. The minimum absolute atomic E-state index is 0.00909. The Kier molecular flexibility index (Phi) is 5.74. The molecule has 1 atom stereocenters. The first kappa shape index (κ1) is 23.9. The second-order valence-electron chi connectivity index (χ2n) is 8.48. The first-order chi connectivity index (χ1) is 17.1. The molecule has 2 N–H and O–H groups in total. The molecule has 0 radical (unpaired) electrons. The van der Waals surface area contributed by atoms with Crippen LogP contribution in [0, 0.1) is 0 Å². The highest BCUT2D eigenvalue weighted by molar-refractivity contribution is 7.92. The molecule has 0 bridgehead atoms. The Morgan fingerprint density at radius 1 is 1.00 bits per heavy atom. The maximum absolute atomic E-state index is 13.5. The summed E-state index contributed by atoms with van der Waals surface area (Å²) in [4.78, 5) is 26.2. The molecule has 0 aromatic heterocycles. The van der Waals surface area contributed by atoms with Crippen molar-refractivity contribution in [3.8, 4) is 11.1 Å². The summed E-state index contributed by atoms with van der Waals surface area (Å²) >= 11 is 0. The summed E-state index contributed by atoms with van der Waals surface area (Å²) < 4.78 is 66.6. The number of hydrogen-bond acceptors (Lipinski definition) is 4. The largest absolute Gasteiger partial charge is 0.416 e. The van der Waals surface area contributed by atoms with Crippen LogP contribution in [-0.2, 0) is 22.4 Å². The molecule has 11 heteroatoms. The quantitative estimate of drug-likeness (QED) is 0.550. The lowest BCUT2D eigenvalue weighted by atomic mass is 9.97. The predicted octanol–water partition coefficient (Wildman–Crippen LogP) is 3.99. The molecule has 2 aliphatic rings. The van der Waals surface area contributed by atoms with Crippen LogP contribution in [0.3, 0.4) is 0 Å². The summed E-state index contributed by atoms with van der Waals surface area (Å²) in [5.74, 6) is -0.610. The third-order valence-corrected chi connectivity index (χ3v) is 8.28. The van der Waals surface area contributed by atoms with Crippen LogP contribution in [0.25, 0.3) is 11.1 Å². The Morgan fingerprint density at radius 3 is 2.42 bits per heavy atom. The van der Waals surface area contributed by atoms with Gasteiger partial charge in [-0.3, -0.25) is 4.79 Å². The van der Waals surface area contributed by atoms with Gasteiger partial charge in [-0.1, -0.05) is 36.4 Å². The topological polar surface area (TPSA) is 95.6 Å². The highest BCUT2D eigenvalue weighted by Gasteiger charge is 2.38. The van der Waals surface area contributed by atoms with E-state index in [9.17, 15) is 31.2 Å². The molecule has 1 saturated heterocycles. The number of amides is 3. The zero-order valence-corrected chi connectivity index (χ0v) is 19.5. The van der Waals surface area contributed by atoms with Gasteiger partial charge in [0.15, 0.2) is 5.37 Å². The standard InChI is InChI=1S/C25H20F3N3O4S/c26-25(27,28)17-8-4-7-16(13-17)23(32)31-12-11-18-19(31)9-10-20(22(18)15-5-2-1-3-6-15)36(34,35)21-14-29-24(33)30-21/h1-10,13,21H,11-12,14H2,(H2,29,30,33). The van der Waals surface area contributed by atoms with Gasteiger partial charge in [0.2, 0.25) is 9.84 Å². The van der Waals surface area contributed by atoms with Crippen molar-refractivity contribution in [3.05, 3.63) is 83.4 Å². The van der Waals surface area contributed by atoms with Crippen molar-refractivity contribution < 1.29 is 31.2 Å². The van der Waals surface area contributed by atoms with Gasteiger partial charge in [-0.2, -0.15) is 13.2 Å². The number of hydrogen-bond donors (Lipinski definition) is 2. The Bertz CT molecular complexity index is 1470. The van der Waals surface area contributed by atoms with Crippen LogP contribution in [-0.4, -0.2) is 38.8 Å². The van der Waals surface area contributed by atoms with E-state index in [1.165, 1.54) is 29.2 Å². The van der Waals surface area contributed by atoms with Crippen molar-refractivity contribution in [2.24, 2.45) is 0 Å². The summed E-state index contributed by atoms with van der Waals surface area (Å²) in [6.45, 7) is 0.0854. The number of benzene rings is 3. The Morgan fingerprint density at radius 2 is 1.75 bits per heavy atom. The van der Waals surface area contributed by atoms with E-state index in [4.69, 9.17) is 0 Å². The number of carbonyl (C=O) groups excluding carboxylic acids is 2. The maximum atomic E-state index is 13.5. The van der Waals surface area contributed by atoms with E-state index in [0.29, 0.717) is 28.8 Å². The van der Waals surface area contributed by atoms with Gasteiger partial charge in [0.1, 0.15) is 0 Å². The summed E-state index contributed by atoms with van der Waals surface area (Å²) in [5, 5.41) is 3.70. The number of urea groups is 1. The molecule has 3 aromatic rings. The summed E-state index contributed by atoms with van der Waals surface area (Å²) in [7, 11) is -4.01. The molecule has 1 fully saturated rings. The predicted molar refractivity (Wildman–Crippen MR) is 126 cm³/mol. The van der Waals surface area contributed by atoms with E-state index in [0.717, 1.165) is 12.1 Å². The van der Waals surface area contributed by atoms with Gasteiger partial charge in [0.05, 0.1) is 17.0 Å². The van der Waals surface area contributed by atoms with Crippen LogP contribution < -0.4 is 15.5 Å². The normalized spacial score (nSPS) is 17.5. The maximum Gasteiger partial charge on any atom is 0.416 e. The van der Waals surface area contributed by atoms with Crippen molar-refractivity contribution in [1.29, 1.82) is 0 Å². The smallest absolute Gasteiger partial charge is 0.335 e. The number of nitrogens with zero attached hydrogens (tertiary/aromatic N) is 1. The first-order valence-electron chi connectivity index (χ1n) is 11.1. The fourth-order valence-electron chi connectivity index (χ4n) is 4.59. The number of alkyl halides is 3. The molecule has 186 valence electrons. The van der Waals surface area contributed by atoms with E-state index >= 15 is 0 Å². The summed E-state index contributed by atoms with van der Waals surface area (Å²) in [5.41, 5.74) is 1.01. The van der Waals surface area contributed by atoms with E-state index in [-0.39, 0.29) is 23.5 Å². The van der Waals surface area contributed by atoms with E-state index in [2.05, 4.69) is 10.6 Å². The molecule has 36 heavy (non-hydrogen) atoms. The number of sulfone groups is 1. The van der Waals surface area contributed by atoms with Crippen LogP contribution in [0.2, 0.25) is 0 Å². The van der Waals surface area contributed by atoms with Gasteiger partial charge in [-0.15, -0.1) is 0 Å². The zero-order chi connectivity index (χ0) is 25.7. The van der Waals surface area contributed by atoms with Gasteiger partial charge < -0.3 is 15.5 Å².